The van der Waals surface area contributed by atoms with Gasteiger partial charge < -0.3 is 9.68 Å². The quantitative estimate of drug-likeness (QED) is 0.306. The first-order valence-corrected chi connectivity index (χ1v) is 5.66. The predicted molar refractivity (Wildman–Crippen MR) is 58.8 cm³/mol. The molecule has 0 heterocycles. The van der Waals surface area contributed by atoms with Gasteiger partial charge >= 0.3 is 7.32 Å². The third kappa shape index (κ3) is 10.3. The Labute approximate surface area is 90.4 Å². The van der Waals surface area contributed by atoms with Crippen molar-refractivity contribution >= 4 is 19.1 Å². The van der Waals surface area contributed by atoms with Crippen molar-refractivity contribution in [2.24, 2.45) is 0 Å². The van der Waals surface area contributed by atoms with E-state index in [1.165, 1.54) is 0 Å². The summed E-state index contributed by atoms with van der Waals surface area (Å²) < 4.78 is 4.91. The summed E-state index contributed by atoms with van der Waals surface area (Å²) >= 11 is 1.77. The SMILES string of the molecule is CCOB(O)OOCCSC(C)(C)C. The summed E-state index contributed by atoms with van der Waals surface area (Å²) in [7, 11) is -1.28. The van der Waals surface area contributed by atoms with E-state index >= 15 is 0 Å². The molecule has 0 bridgehead atoms. The molecule has 0 fully saturated rings. The smallest absolute Gasteiger partial charge is 0.400 e. The molecule has 6 heteroatoms. The van der Waals surface area contributed by atoms with Gasteiger partial charge in [0.25, 0.3) is 0 Å². The van der Waals surface area contributed by atoms with Crippen LogP contribution in [-0.2, 0) is 14.3 Å². The van der Waals surface area contributed by atoms with E-state index in [9.17, 15) is 0 Å². The van der Waals surface area contributed by atoms with E-state index in [0.29, 0.717) is 13.2 Å². The second kappa shape index (κ2) is 7.53. The van der Waals surface area contributed by atoms with Gasteiger partial charge in [-0.2, -0.15) is 11.8 Å². The molecule has 0 aliphatic carbocycles. The Kier molecular flexibility index (Phi) is 7.67. The van der Waals surface area contributed by atoms with Crippen molar-refractivity contribution in [1.29, 1.82) is 0 Å². The van der Waals surface area contributed by atoms with Gasteiger partial charge in [-0.15, -0.1) is 0 Å². The summed E-state index contributed by atoms with van der Waals surface area (Å²) in [4.78, 5) is 9.26. The van der Waals surface area contributed by atoms with Crippen molar-refractivity contribution in [1.82, 2.24) is 0 Å². The summed E-state index contributed by atoms with van der Waals surface area (Å²) in [5.41, 5.74) is 0. The maximum atomic E-state index is 8.93. The van der Waals surface area contributed by atoms with Gasteiger partial charge in [0, 0.05) is 17.1 Å². The van der Waals surface area contributed by atoms with Crippen LogP contribution in [-0.4, -0.2) is 36.1 Å². The zero-order chi connectivity index (χ0) is 11.0. The lowest BCUT2D eigenvalue weighted by molar-refractivity contribution is -0.232. The van der Waals surface area contributed by atoms with Gasteiger partial charge in [-0.25, -0.2) is 9.69 Å². The molecule has 0 atom stereocenters. The van der Waals surface area contributed by atoms with Gasteiger partial charge in [0.2, 0.25) is 0 Å². The van der Waals surface area contributed by atoms with Crippen LogP contribution in [0.4, 0.5) is 0 Å². The number of thioether (sulfide) groups is 1. The number of hydrogen-bond acceptors (Lipinski definition) is 5. The highest BCUT2D eigenvalue weighted by Gasteiger charge is 2.16. The Morgan fingerprint density at radius 2 is 2.00 bits per heavy atom. The lowest BCUT2D eigenvalue weighted by Crippen LogP contribution is -2.23. The molecular weight excluding hydrogens is 203 g/mol. The van der Waals surface area contributed by atoms with E-state index < -0.39 is 7.32 Å². The van der Waals surface area contributed by atoms with Crippen LogP contribution in [0, 0.1) is 0 Å². The molecule has 0 aromatic heterocycles. The molecule has 0 saturated heterocycles. The highest BCUT2D eigenvalue weighted by molar-refractivity contribution is 8.00. The summed E-state index contributed by atoms with van der Waals surface area (Å²) in [6, 6.07) is 0. The molecule has 0 aliphatic heterocycles. The molecule has 0 rings (SSSR count). The van der Waals surface area contributed by atoms with Crippen molar-refractivity contribution in [2.75, 3.05) is 19.0 Å². The van der Waals surface area contributed by atoms with Crippen LogP contribution in [0.2, 0.25) is 0 Å². The van der Waals surface area contributed by atoms with Crippen LogP contribution in [0.5, 0.6) is 0 Å². The van der Waals surface area contributed by atoms with Gasteiger partial charge in [0.15, 0.2) is 0 Å². The lowest BCUT2D eigenvalue weighted by atomic mass is 10.3. The number of hydrogen-bond donors (Lipinski definition) is 1. The maximum Gasteiger partial charge on any atom is 0.665 e. The number of rotatable bonds is 7. The average Bonchev–Trinajstić information content (AvgIpc) is 2.02. The Hall–Kier alpha value is 0.255. The van der Waals surface area contributed by atoms with Crippen LogP contribution >= 0.6 is 11.8 Å². The highest BCUT2D eigenvalue weighted by Crippen LogP contribution is 2.22. The van der Waals surface area contributed by atoms with E-state index in [1.54, 1.807) is 18.7 Å². The monoisotopic (exact) mass is 222 g/mol. The second-order valence-electron chi connectivity index (χ2n) is 3.64. The normalized spacial score (nSPS) is 11.8. The molecule has 14 heavy (non-hydrogen) atoms. The van der Waals surface area contributed by atoms with Crippen molar-refractivity contribution in [3.63, 3.8) is 0 Å². The van der Waals surface area contributed by atoms with E-state index in [0.717, 1.165) is 5.75 Å². The standard InChI is InChI=1S/C8H19BO4S/c1-5-11-9(10)13-12-6-7-14-8(2,3)4/h10H,5-7H2,1-4H3. The zero-order valence-corrected chi connectivity index (χ0v) is 10.1. The molecular formula is C8H19BO4S. The third-order valence-electron chi connectivity index (χ3n) is 1.16. The summed E-state index contributed by atoms with van der Waals surface area (Å²) in [6.07, 6.45) is 0. The molecule has 1 N–H and O–H groups in total. The maximum absolute atomic E-state index is 8.93. The largest absolute Gasteiger partial charge is 0.665 e. The topological polar surface area (TPSA) is 47.9 Å². The van der Waals surface area contributed by atoms with E-state index in [1.807, 2.05) is 0 Å². The van der Waals surface area contributed by atoms with Crippen LogP contribution in [0.15, 0.2) is 0 Å². The lowest BCUT2D eigenvalue weighted by Gasteiger charge is -2.16. The van der Waals surface area contributed by atoms with Gasteiger partial charge in [0.1, 0.15) is 0 Å². The summed E-state index contributed by atoms with van der Waals surface area (Å²) in [5, 5.41) is 8.93. The Bertz CT molecular complexity index is 140. The first-order chi connectivity index (χ1) is 6.45. The molecule has 0 aromatic carbocycles. The van der Waals surface area contributed by atoms with Crippen molar-refractivity contribution in [3.8, 4) is 0 Å². The fourth-order valence-corrected chi connectivity index (χ4v) is 1.42. The Morgan fingerprint density at radius 3 is 2.50 bits per heavy atom. The third-order valence-corrected chi connectivity index (χ3v) is 2.40. The second-order valence-corrected chi connectivity index (χ2v) is 5.56. The molecule has 0 spiro atoms. The summed E-state index contributed by atoms with van der Waals surface area (Å²) in [5.74, 6) is 0.822. The minimum absolute atomic E-state index is 0.224. The van der Waals surface area contributed by atoms with Gasteiger partial charge in [-0.3, -0.25) is 0 Å². The minimum Gasteiger partial charge on any atom is -0.400 e. The van der Waals surface area contributed by atoms with Crippen molar-refractivity contribution in [2.45, 2.75) is 32.4 Å². The Morgan fingerprint density at radius 1 is 1.36 bits per heavy atom. The van der Waals surface area contributed by atoms with Crippen molar-refractivity contribution < 1.29 is 19.4 Å². The molecule has 0 aromatic rings. The van der Waals surface area contributed by atoms with Crippen LogP contribution in [0.25, 0.3) is 0 Å². The molecule has 84 valence electrons. The molecule has 0 unspecified atom stereocenters. The Balaban J connectivity index is 3.21. The van der Waals surface area contributed by atoms with Gasteiger partial charge in [0.05, 0.1) is 6.61 Å². The molecule has 0 aliphatic rings. The average molecular weight is 222 g/mol. The first-order valence-electron chi connectivity index (χ1n) is 4.67. The van der Waals surface area contributed by atoms with Gasteiger partial charge in [-0.1, -0.05) is 20.8 Å². The minimum atomic E-state index is -1.28. The predicted octanol–water partition coefficient (Wildman–Crippen LogP) is 1.48. The molecule has 0 saturated carbocycles. The van der Waals surface area contributed by atoms with Crippen LogP contribution < -0.4 is 0 Å². The van der Waals surface area contributed by atoms with Gasteiger partial charge in [-0.05, 0) is 6.92 Å². The molecule has 0 amide bonds. The van der Waals surface area contributed by atoms with E-state index in [2.05, 4.69) is 25.6 Å². The van der Waals surface area contributed by atoms with Crippen LogP contribution in [0.3, 0.4) is 0 Å². The van der Waals surface area contributed by atoms with E-state index in [4.69, 9.17) is 14.6 Å². The van der Waals surface area contributed by atoms with E-state index in [-0.39, 0.29) is 4.75 Å². The fourth-order valence-electron chi connectivity index (χ4n) is 0.659. The first kappa shape index (κ1) is 14.3. The zero-order valence-electron chi connectivity index (χ0n) is 9.28. The highest BCUT2D eigenvalue weighted by atomic mass is 32.2. The molecule has 4 nitrogen and oxygen atoms in total. The van der Waals surface area contributed by atoms with Crippen molar-refractivity contribution in [3.05, 3.63) is 0 Å². The summed E-state index contributed by atoms with van der Waals surface area (Å²) in [6.45, 7) is 8.99. The fraction of sp³-hybridized carbons (Fsp3) is 1.00. The van der Waals surface area contributed by atoms with Crippen LogP contribution in [0.1, 0.15) is 27.7 Å². The molecule has 0 radical (unpaired) electrons.